The number of amides is 2. The van der Waals surface area contributed by atoms with Crippen LogP contribution in [0.4, 0.5) is 10.1 Å². The van der Waals surface area contributed by atoms with Crippen molar-refractivity contribution in [2.75, 3.05) is 16.3 Å². The van der Waals surface area contributed by atoms with Crippen LogP contribution in [0.25, 0.3) is 0 Å². The number of rotatable bonds is 7. The third-order valence-electron chi connectivity index (χ3n) is 4.24. The summed E-state index contributed by atoms with van der Waals surface area (Å²) in [4.78, 5) is 24.7. The molecule has 0 saturated carbocycles. The zero-order valence-electron chi connectivity index (χ0n) is 18.1. The molecule has 0 atom stereocenters. The Bertz CT molecular complexity index is 1090. The van der Waals surface area contributed by atoms with Crippen LogP contribution in [0, 0.1) is 5.82 Å². The molecule has 0 heterocycles. The molecule has 0 radical (unpaired) electrons. The monoisotopic (exact) mass is 501 g/mol. The Balaban J connectivity index is 2.57. The zero-order valence-corrected chi connectivity index (χ0v) is 20.5. The first-order chi connectivity index (χ1) is 14.9. The van der Waals surface area contributed by atoms with E-state index < -0.39 is 33.2 Å². The van der Waals surface area contributed by atoms with Gasteiger partial charge in [-0.3, -0.25) is 24.7 Å². The summed E-state index contributed by atoms with van der Waals surface area (Å²) in [6.45, 7) is 4.85. The third kappa shape index (κ3) is 6.14. The number of hydrogen-bond acceptors (Lipinski definition) is 5. The Kier molecular flexibility index (Phi) is 8.55. The van der Waals surface area contributed by atoms with Crippen LogP contribution < -0.4 is 15.2 Å². The topological polar surface area (TPSA) is 95.6 Å². The normalized spacial score (nSPS) is 11.7. The highest BCUT2D eigenvalue weighted by Crippen LogP contribution is 2.36. The van der Waals surface area contributed by atoms with E-state index in [1.54, 1.807) is 39.0 Å². The van der Waals surface area contributed by atoms with Crippen LogP contribution in [-0.2, 0) is 14.8 Å². The van der Waals surface area contributed by atoms with Crippen LogP contribution in [0.2, 0.25) is 5.02 Å². The van der Waals surface area contributed by atoms with E-state index in [1.807, 2.05) is 6.26 Å². The first kappa shape index (κ1) is 26.0. The summed E-state index contributed by atoms with van der Waals surface area (Å²) in [6, 6.07) is 9.55. The van der Waals surface area contributed by atoms with E-state index in [0.29, 0.717) is 5.75 Å². The number of nitrogens with zero attached hydrogens (tertiary/aromatic N) is 1. The van der Waals surface area contributed by atoms with Gasteiger partial charge in [0.15, 0.2) is 0 Å². The largest absolute Gasteiger partial charge is 0.273 e. The summed E-state index contributed by atoms with van der Waals surface area (Å²) >= 11 is 7.37. The number of anilines is 1. The van der Waals surface area contributed by atoms with E-state index in [1.165, 1.54) is 23.9 Å². The molecule has 7 nitrogen and oxygen atoms in total. The molecule has 2 aromatic rings. The highest BCUT2D eigenvalue weighted by atomic mass is 35.5. The summed E-state index contributed by atoms with van der Waals surface area (Å²) in [5.74, 6) is -1.59. The standard InChI is InChI=1S/C21H25ClFN3O4S2/c1-21(2,3)26(32(29,30)14-8-6-5-7-9-14)18-13-17(23)16(22)12-15(18)20(28)25-24-19(27)10-11-31-4/h5-9,12-13H,10-11H2,1-4H3,(H,24,27)(H,25,28). The van der Waals surface area contributed by atoms with Gasteiger partial charge in [0.1, 0.15) is 5.82 Å². The van der Waals surface area contributed by atoms with Crippen LogP contribution in [0.5, 0.6) is 0 Å². The van der Waals surface area contributed by atoms with Crippen molar-refractivity contribution in [3.63, 3.8) is 0 Å². The number of carbonyl (C=O) groups excluding carboxylic acids is 2. The Hall–Kier alpha value is -2.30. The summed E-state index contributed by atoms with van der Waals surface area (Å²) < 4.78 is 42.4. The van der Waals surface area contributed by atoms with Gasteiger partial charge in [-0.05, 0) is 45.2 Å². The first-order valence-corrected chi connectivity index (χ1v) is 12.8. The van der Waals surface area contributed by atoms with Gasteiger partial charge in [-0.25, -0.2) is 12.8 Å². The number of sulfonamides is 1. The molecule has 2 rings (SSSR count). The molecule has 0 aliphatic heterocycles. The lowest BCUT2D eigenvalue weighted by Crippen LogP contribution is -2.48. The molecule has 2 N–H and O–H groups in total. The molecule has 2 amide bonds. The molecule has 11 heteroatoms. The SMILES string of the molecule is CSCCC(=O)NNC(=O)c1cc(Cl)c(F)cc1N(C(C)(C)C)S(=O)(=O)c1ccccc1. The van der Waals surface area contributed by atoms with E-state index in [0.717, 1.165) is 16.4 Å². The summed E-state index contributed by atoms with van der Waals surface area (Å²) in [5.41, 5.74) is 3.01. The maximum atomic E-state index is 14.5. The number of carbonyl (C=O) groups is 2. The van der Waals surface area contributed by atoms with Crippen LogP contribution in [0.1, 0.15) is 37.6 Å². The van der Waals surface area contributed by atoms with E-state index >= 15 is 0 Å². The van der Waals surface area contributed by atoms with Gasteiger partial charge in [-0.2, -0.15) is 11.8 Å². The van der Waals surface area contributed by atoms with Crippen molar-refractivity contribution in [3.8, 4) is 0 Å². The molecule has 32 heavy (non-hydrogen) atoms. The average Bonchev–Trinajstić information content (AvgIpc) is 2.72. The number of hydrazine groups is 1. The van der Waals surface area contributed by atoms with Gasteiger partial charge in [-0.15, -0.1) is 0 Å². The lowest BCUT2D eigenvalue weighted by Gasteiger charge is -2.37. The number of thioether (sulfide) groups is 1. The van der Waals surface area contributed by atoms with Crippen molar-refractivity contribution in [2.24, 2.45) is 0 Å². The molecule has 0 aromatic heterocycles. The molecular weight excluding hydrogens is 477 g/mol. The number of nitrogens with one attached hydrogen (secondary N) is 2. The van der Waals surface area contributed by atoms with E-state index in [9.17, 15) is 22.4 Å². The number of benzene rings is 2. The van der Waals surface area contributed by atoms with Crippen LogP contribution >= 0.6 is 23.4 Å². The predicted octanol–water partition coefficient (Wildman–Crippen LogP) is 3.99. The van der Waals surface area contributed by atoms with Crippen molar-refractivity contribution >= 4 is 50.9 Å². The zero-order chi connectivity index (χ0) is 24.1. The Morgan fingerprint density at radius 2 is 1.75 bits per heavy atom. The Labute approximate surface area is 196 Å². The minimum Gasteiger partial charge on any atom is -0.273 e. The molecule has 0 bridgehead atoms. The van der Waals surface area contributed by atoms with Gasteiger partial charge in [0.05, 0.1) is 21.2 Å². The van der Waals surface area contributed by atoms with Crippen molar-refractivity contribution in [2.45, 2.75) is 37.6 Å². The van der Waals surface area contributed by atoms with E-state index in [-0.39, 0.29) is 27.6 Å². The third-order valence-corrected chi connectivity index (χ3v) is 7.24. The van der Waals surface area contributed by atoms with Gasteiger partial charge in [-0.1, -0.05) is 29.8 Å². The number of hydrogen-bond donors (Lipinski definition) is 2. The summed E-state index contributed by atoms with van der Waals surface area (Å²) in [7, 11) is -4.19. The molecule has 174 valence electrons. The van der Waals surface area contributed by atoms with Crippen molar-refractivity contribution in [1.29, 1.82) is 0 Å². The predicted molar refractivity (Wildman–Crippen MR) is 126 cm³/mol. The molecule has 0 fully saturated rings. The molecule has 0 aliphatic rings. The van der Waals surface area contributed by atoms with Crippen LogP contribution in [-0.4, -0.2) is 37.8 Å². The Morgan fingerprint density at radius 1 is 1.12 bits per heavy atom. The smallest absolute Gasteiger partial charge is 0.271 e. The maximum absolute atomic E-state index is 14.5. The highest BCUT2D eigenvalue weighted by Gasteiger charge is 2.37. The second-order valence-electron chi connectivity index (χ2n) is 7.78. The van der Waals surface area contributed by atoms with E-state index in [4.69, 9.17) is 11.6 Å². The molecular formula is C21H25ClFN3O4S2. The second kappa shape index (κ2) is 10.5. The molecule has 0 saturated heterocycles. The molecule has 2 aromatic carbocycles. The minimum atomic E-state index is -4.19. The quantitative estimate of drug-likeness (QED) is 0.559. The first-order valence-electron chi connectivity index (χ1n) is 9.57. The summed E-state index contributed by atoms with van der Waals surface area (Å²) in [6.07, 6.45) is 2.02. The Morgan fingerprint density at radius 3 is 2.31 bits per heavy atom. The lowest BCUT2D eigenvalue weighted by atomic mass is 10.1. The van der Waals surface area contributed by atoms with Crippen molar-refractivity contribution in [3.05, 3.63) is 58.9 Å². The van der Waals surface area contributed by atoms with E-state index in [2.05, 4.69) is 10.9 Å². The highest BCUT2D eigenvalue weighted by molar-refractivity contribution is 7.98. The van der Waals surface area contributed by atoms with Gasteiger partial charge >= 0.3 is 0 Å². The van der Waals surface area contributed by atoms with Gasteiger partial charge < -0.3 is 0 Å². The number of halogens is 2. The second-order valence-corrected chi connectivity index (χ2v) is 11.0. The van der Waals surface area contributed by atoms with Crippen molar-refractivity contribution < 1.29 is 22.4 Å². The van der Waals surface area contributed by atoms with Crippen LogP contribution in [0.3, 0.4) is 0 Å². The summed E-state index contributed by atoms with van der Waals surface area (Å²) in [5, 5.41) is -0.362. The fourth-order valence-electron chi connectivity index (χ4n) is 2.89. The molecule has 0 spiro atoms. The van der Waals surface area contributed by atoms with Crippen molar-refractivity contribution in [1.82, 2.24) is 10.9 Å². The fraction of sp³-hybridized carbons (Fsp3) is 0.333. The molecule has 0 aliphatic carbocycles. The minimum absolute atomic E-state index is 0.0259. The van der Waals surface area contributed by atoms with Gasteiger partial charge in [0, 0.05) is 23.8 Å². The van der Waals surface area contributed by atoms with Crippen LogP contribution in [0.15, 0.2) is 47.4 Å². The van der Waals surface area contributed by atoms with Gasteiger partial charge in [0.2, 0.25) is 5.91 Å². The maximum Gasteiger partial charge on any atom is 0.271 e. The van der Waals surface area contributed by atoms with Gasteiger partial charge in [0.25, 0.3) is 15.9 Å². The average molecular weight is 502 g/mol. The lowest BCUT2D eigenvalue weighted by molar-refractivity contribution is -0.121. The fourth-order valence-corrected chi connectivity index (χ4v) is 5.28. The molecule has 0 unspecified atom stereocenters.